The van der Waals surface area contributed by atoms with E-state index in [0.29, 0.717) is 35.9 Å². The van der Waals surface area contributed by atoms with Gasteiger partial charge in [-0.3, -0.25) is 5.41 Å². The van der Waals surface area contributed by atoms with Gasteiger partial charge in [-0.1, -0.05) is 94.5 Å². The van der Waals surface area contributed by atoms with Crippen molar-refractivity contribution in [2.75, 3.05) is 33.2 Å². The van der Waals surface area contributed by atoms with Gasteiger partial charge in [-0.2, -0.15) is 0 Å². The monoisotopic (exact) mass is 522 g/mol. The van der Waals surface area contributed by atoms with Gasteiger partial charge in [-0.25, -0.2) is 4.99 Å². The van der Waals surface area contributed by atoms with Gasteiger partial charge in [0.2, 0.25) is 0 Å². The predicted molar refractivity (Wildman–Crippen MR) is 164 cm³/mol. The van der Waals surface area contributed by atoms with Crippen LogP contribution >= 0.6 is 11.8 Å². The molecular weight excluding hydrogens is 472 g/mol. The average molecular weight is 523 g/mol. The third-order valence-electron chi connectivity index (χ3n) is 8.04. The number of aliphatic imine (C=N–C) groups is 1. The molecule has 3 unspecified atom stereocenters. The van der Waals surface area contributed by atoms with Gasteiger partial charge >= 0.3 is 0 Å². The minimum absolute atomic E-state index is 0.519. The third-order valence-corrected chi connectivity index (χ3v) is 9.59. The molecule has 3 rings (SSSR count). The van der Waals surface area contributed by atoms with E-state index >= 15 is 0 Å². The number of hydrogen-bond acceptors (Lipinski definition) is 3. The van der Waals surface area contributed by atoms with Gasteiger partial charge in [-0.15, -0.1) is 0 Å². The molecule has 0 aromatic rings. The fourth-order valence-corrected chi connectivity index (χ4v) is 6.28. The molecule has 1 saturated heterocycles. The van der Waals surface area contributed by atoms with Crippen LogP contribution in [0.25, 0.3) is 0 Å². The third kappa shape index (κ3) is 9.44. The van der Waals surface area contributed by atoms with Gasteiger partial charge in [0.25, 0.3) is 0 Å². The van der Waals surface area contributed by atoms with E-state index in [2.05, 4.69) is 94.0 Å². The molecule has 3 aliphatic rings. The van der Waals surface area contributed by atoms with E-state index in [1.807, 2.05) is 11.8 Å². The summed E-state index contributed by atoms with van der Waals surface area (Å²) in [5, 5.41) is 8.89. The molecule has 2 aliphatic heterocycles. The lowest BCUT2D eigenvalue weighted by atomic mass is 9.89. The quantitative estimate of drug-likeness (QED) is 0.179. The van der Waals surface area contributed by atoms with Crippen molar-refractivity contribution >= 4 is 23.4 Å². The van der Waals surface area contributed by atoms with Crippen LogP contribution in [-0.4, -0.2) is 54.7 Å². The summed E-state index contributed by atoms with van der Waals surface area (Å²) in [5.74, 6) is 3.83. The smallest absolute Gasteiger partial charge is 0.127 e. The average Bonchev–Trinajstić information content (AvgIpc) is 2.90. The van der Waals surface area contributed by atoms with Crippen LogP contribution in [0.2, 0.25) is 0 Å². The normalized spacial score (nSPS) is 23.2. The van der Waals surface area contributed by atoms with Crippen molar-refractivity contribution < 1.29 is 0 Å². The molecule has 1 fully saturated rings. The molecule has 0 aromatic heterocycles. The fraction of sp³-hybridized carbons (Fsp3) is 0.625. The molecule has 204 valence electrons. The second kappa shape index (κ2) is 14.9. The van der Waals surface area contributed by atoms with Crippen molar-refractivity contribution in [2.45, 2.75) is 73.1 Å². The maximum absolute atomic E-state index is 8.89. The molecular formula is C32H50N4S. The summed E-state index contributed by atoms with van der Waals surface area (Å²) in [7, 11) is 2.20. The number of piperazine rings is 1. The maximum atomic E-state index is 8.89. The minimum atomic E-state index is 0.519. The Labute approximate surface area is 231 Å². The highest BCUT2D eigenvalue weighted by Gasteiger charge is 2.22. The van der Waals surface area contributed by atoms with E-state index in [1.54, 1.807) is 0 Å². The lowest BCUT2D eigenvalue weighted by molar-refractivity contribution is 0.212. The van der Waals surface area contributed by atoms with Crippen molar-refractivity contribution in [1.29, 1.82) is 5.41 Å². The first-order valence-electron chi connectivity index (χ1n) is 14.5. The molecule has 0 saturated carbocycles. The molecule has 1 aliphatic carbocycles. The Bertz CT molecular complexity index is 944. The first kappa shape index (κ1) is 29.7. The summed E-state index contributed by atoms with van der Waals surface area (Å²) in [4.78, 5) is 12.7. The van der Waals surface area contributed by atoms with Gasteiger partial charge in [-0.05, 0) is 66.2 Å². The lowest BCUT2D eigenvalue weighted by Gasteiger charge is -2.35. The molecule has 4 nitrogen and oxygen atoms in total. The second-order valence-corrected chi connectivity index (χ2v) is 12.5. The highest BCUT2D eigenvalue weighted by atomic mass is 32.2. The van der Waals surface area contributed by atoms with Crippen LogP contribution in [0.4, 0.5) is 0 Å². The number of hydrogen-bond donors (Lipinski definition) is 1. The molecule has 0 aromatic carbocycles. The molecule has 2 heterocycles. The molecule has 1 N–H and O–H groups in total. The summed E-state index contributed by atoms with van der Waals surface area (Å²) in [5.41, 5.74) is 1.48. The number of rotatable bonds is 10. The fourth-order valence-electron chi connectivity index (χ4n) is 5.02. The molecule has 3 atom stereocenters. The topological polar surface area (TPSA) is 42.7 Å². The Morgan fingerprint density at radius 2 is 1.92 bits per heavy atom. The number of thioether (sulfide) groups is 1. The summed E-state index contributed by atoms with van der Waals surface area (Å²) >= 11 is 1.90. The maximum Gasteiger partial charge on any atom is 0.127 e. The van der Waals surface area contributed by atoms with Crippen molar-refractivity contribution in [3.8, 4) is 0 Å². The number of nitrogens with one attached hydrogen (secondary N) is 1. The van der Waals surface area contributed by atoms with Gasteiger partial charge in [0.1, 0.15) is 11.7 Å². The van der Waals surface area contributed by atoms with Crippen molar-refractivity contribution in [1.82, 2.24) is 9.80 Å². The molecule has 5 heteroatoms. The van der Waals surface area contributed by atoms with Crippen LogP contribution < -0.4 is 0 Å². The molecule has 37 heavy (non-hydrogen) atoms. The Morgan fingerprint density at radius 1 is 1.16 bits per heavy atom. The van der Waals surface area contributed by atoms with Crippen LogP contribution in [0, 0.1) is 29.1 Å². The number of likely N-dealkylation sites (N-methyl/N-ethyl adjacent to an activating group) is 1. The van der Waals surface area contributed by atoms with Crippen LogP contribution in [0.1, 0.15) is 73.1 Å². The van der Waals surface area contributed by atoms with Crippen LogP contribution in [-0.2, 0) is 0 Å². The van der Waals surface area contributed by atoms with E-state index in [0.717, 1.165) is 64.1 Å². The van der Waals surface area contributed by atoms with Gasteiger partial charge in [0, 0.05) is 39.0 Å². The Morgan fingerprint density at radius 3 is 2.57 bits per heavy atom. The summed E-state index contributed by atoms with van der Waals surface area (Å²) in [6, 6.07) is 0. The van der Waals surface area contributed by atoms with Crippen molar-refractivity contribution in [2.24, 2.45) is 28.7 Å². The largest absolute Gasteiger partial charge is 0.357 e. The zero-order chi connectivity index (χ0) is 26.8. The molecule has 0 bridgehead atoms. The summed E-state index contributed by atoms with van der Waals surface area (Å²) in [6.07, 6.45) is 21.9. The van der Waals surface area contributed by atoms with Crippen LogP contribution in [0.3, 0.4) is 0 Å². The Hall–Kier alpha value is -1.85. The summed E-state index contributed by atoms with van der Waals surface area (Å²) in [6.45, 7) is 15.6. The summed E-state index contributed by atoms with van der Waals surface area (Å²) < 4.78 is 0. The van der Waals surface area contributed by atoms with Gasteiger partial charge < -0.3 is 9.80 Å². The first-order chi connectivity index (χ1) is 17.8. The van der Waals surface area contributed by atoms with E-state index < -0.39 is 0 Å². The number of nitrogens with zero attached hydrogens (tertiary/aromatic N) is 3. The van der Waals surface area contributed by atoms with E-state index in [1.165, 1.54) is 15.4 Å². The van der Waals surface area contributed by atoms with E-state index in [9.17, 15) is 0 Å². The van der Waals surface area contributed by atoms with Crippen molar-refractivity contribution in [3.05, 3.63) is 57.9 Å². The Kier molecular flexibility index (Phi) is 12.0. The lowest BCUT2D eigenvalue weighted by Crippen LogP contribution is -2.47. The zero-order valence-electron chi connectivity index (χ0n) is 24.2. The molecule has 0 radical (unpaired) electrons. The van der Waals surface area contributed by atoms with E-state index in [-0.39, 0.29) is 0 Å². The second-order valence-electron chi connectivity index (χ2n) is 11.4. The minimum Gasteiger partial charge on any atom is -0.357 e. The number of allylic oxidation sites excluding steroid dienone is 9. The Balaban J connectivity index is 1.65. The van der Waals surface area contributed by atoms with Gasteiger partial charge in [0.05, 0.1) is 0 Å². The standard InChI is InChI=1S/C32H50N4S/c1-7-28-16-17-29(24(2)3)37-30(28)23-31(33)34-32(36-21-19-35(6)20-22-36)18-14-26(5)25(4)13-15-27-11-9-8-10-12-27/h8-11,13,15,17,24-27,33H,7,12,14,16,18-23H2,1-6H3. The first-order valence-corrected chi connectivity index (χ1v) is 15.3. The highest BCUT2D eigenvalue weighted by molar-refractivity contribution is 8.06. The van der Waals surface area contributed by atoms with Crippen LogP contribution in [0.5, 0.6) is 0 Å². The van der Waals surface area contributed by atoms with Crippen LogP contribution in [0.15, 0.2) is 62.9 Å². The van der Waals surface area contributed by atoms with Gasteiger partial charge in [0.15, 0.2) is 0 Å². The SMILES string of the molecule is CCC1=C(CC(=N)N=C(CCC(C)C(C)C=CC2C=CC=CC2)N2CCN(C)CC2)SC(C(C)C)=CC1. The zero-order valence-corrected chi connectivity index (χ0v) is 25.0. The predicted octanol–water partition coefficient (Wildman–Crippen LogP) is 8.08. The number of amidine groups is 2. The van der Waals surface area contributed by atoms with Crippen molar-refractivity contribution in [3.63, 3.8) is 0 Å². The molecule has 0 amide bonds. The highest BCUT2D eigenvalue weighted by Crippen LogP contribution is 2.41. The molecule has 0 spiro atoms. The van der Waals surface area contributed by atoms with E-state index in [4.69, 9.17) is 10.4 Å².